The molecule has 5 heteroatoms. The van der Waals surface area contributed by atoms with Crippen LogP contribution in [0.3, 0.4) is 0 Å². The number of hydrogen-bond donors (Lipinski definition) is 0. The van der Waals surface area contributed by atoms with Gasteiger partial charge in [0, 0.05) is 12.5 Å². The van der Waals surface area contributed by atoms with Gasteiger partial charge in [-0.25, -0.2) is 14.4 Å². The quantitative estimate of drug-likeness (QED) is 0.832. The van der Waals surface area contributed by atoms with E-state index in [9.17, 15) is 4.39 Å². The van der Waals surface area contributed by atoms with Crippen molar-refractivity contribution in [1.29, 1.82) is 0 Å². The first-order valence-corrected chi connectivity index (χ1v) is 5.39. The van der Waals surface area contributed by atoms with Gasteiger partial charge < -0.3 is 9.47 Å². The van der Waals surface area contributed by atoms with Crippen LogP contribution in [0, 0.1) is 5.82 Å². The van der Waals surface area contributed by atoms with E-state index in [1.54, 1.807) is 20.3 Å². The molecule has 0 amide bonds. The summed E-state index contributed by atoms with van der Waals surface area (Å²) in [7, 11) is 3.18. The minimum Gasteiger partial charge on any atom is -0.497 e. The van der Waals surface area contributed by atoms with Gasteiger partial charge in [0.1, 0.15) is 17.3 Å². The highest BCUT2D eigenvalue weighted by molar-refractivity contribution is 5.39. The molecule has 0 bridgehead atoms. The SMILES string of the molecule is COc1cc(Cc2ncc(F)cn2)cc(OC)c1. The van der Waals surface area contributed by atoms with Crippen LogP contribution in [0.25, 0.3) is 0 Å². The van der Waals surface area contributed by atoms with Gasteiger partial charge in [-0.1, -0.05) is 0 Å². The molecule has 0 aliphatic rings. The lowest BCUT2D eigenvalue weighted by atomic mass is 10.1. The number of aromatic nitrogens is 2. The molecule has 4 nitrogen and oxygen atoms in total. The predicted molar refractivity (Wildman–Crippen MR) is 64.3 cm³/mol. The Morgan fingerprint density at radius 3 is 2.06 bits per heavy atom. The van der Waals surface area contributed by atoms with Crippen LogP contribution in [0.1, 0.15) is 11.4 Å². The Hall–Kier alpha value is -2.17. The highest BCUT2D eigenvalue weighted by atomic mass is 19.1. The molecule has 0 saturated carbocycles. The van der Waals surface area contributed by atoms with Crippen molar-refractivity contribution in [2.24, 2.45) is 0 Å². The maximum atomic E-state index is 12.7. The van der Waals surface area contributed by atoms with Crippen LogP contribution in [0.15, 0.2) is 30.6 Å². The molecule has 0 aliphatic carbocycles. The van der Waals surface area contributed by atoms with Gasteiger partial charge in [0.15, 0.2) is 5.82 Å². The summed E-state index contributed by atoms with van der Waals surface area (Å²) in [5.41, 5.74) is 0.942. The van der Waals surface area contributed by atoms with E-state index < -0.39 is 5.82 Å². The van der Waals surface area contributed by atoms with Crippen LogP contribution in [0.4, 0.5) is 4.39 Å². The van der Waals surface area contributed by atoms with E-state index in [-0.39, 0.29) is 0 Å². The molecule has 2 aromatic rings. The Balaban J connectivity index is 2.25. The molecular formula is C13H13FN2O2. The zero-order chi connectivity index (χ0) is 13.0. The summed E-state index contributed by atoms with van der Waals surface area (Å²) in [6.07, 6.45) is 2.80. The molecular weight excluding hydrogens is 235 g/mol. The molecule has 94 valence electrons. The Kier molecular flexibility index (Phi) is 3.72. The highest BCUT2D eigenvalue weighted by Crippen LogP contribution is 2.23. The summed E-state index contributed by atoms with van der Waals surface area (Å²) in [5.74, 6) is 1.51. The monoisotopic (exact) mass is 248 g/mol. The number of ether oxygens (including phenoxy) is 2. The van der Waals surface area contributed by atoms with Gasteiger partial charge in [0.25, 0.3) is 0 Å². The first-order chi connectivity index (χ1) is 8.71. The van der Waals surface area contributed by atoms with Crippen molar-refractivity contribution in [3.05, 3.63) is 47.8 Å². The van der Waals surface area contributed by atoms with E-state index in [1.165, 1.54) is 0 Å². The molecule has 0 fully saturated rings. The second-order valence-electron chi connectivity index (χ2n) is 3.72. The zero-order valence-electron chi connectivity index (χ0n) is 10.2. The van der Waals surface area contributed by atoms with E-state index in [2.05, 4.69) is 9.97 Å². The molecule has 2 rings (SSSR count). The summed E-state index contributed by atoms with van der Waals surface area (Å²) in [6.45, 7) is 0. The summed E-state index contributed by atoms with van der Waals surface area (Å²) >= 11 is 0. The molecule has 0 unspecified atom stereocenters. The van der Waals surface area contributed by atoms with Crippen LogP contribution in [0.5, 0.6) is 11.5 Å². The number of nitrogens with zero attached hydrogens (tertiary/aromatic N) is 2. The standard InChI is InChI=1S/C13H13FN2O2/c1-17-11-3-9(4-12(6-11)18-2)5-13-15-7-10(14)8-16-13/h3-4,6-8H,5H2,1-2H3. The lowest BCUT2D eigenvalue weighted by Crippen LogP contribution is -1.98. The van der Waals surface area contributed by atoms with Crippen molar-refractivity contribution in [3.63, 3.8) is 0 Å². The van der Waals surface area contributed by atoms with Gasteiger partial charge in [0.2, 0.25) is 0 Å². The fraction of sp³-hybridized carbons (Fsp3) is 0.231. The van der Waals surface area contributed by atoms with Gasteiger partial charge in [-0.3, -0.25) is 0 Å². The van der Waals surface area contributed by atoms with Crippen molar-refractivity contribution < 1.29 is 13.9 Å². The van der Waals surface area contributed by atoms with Crippen molar-refractivity contribution >= 4 is 0 Å². The number of halogens is 1. The molecule has 0 atom stereocenters. The fourth-order valence-electron chi connectivity index (χ4n) is 1.58. The first-order valence-electron chi connectivity index (χ1n) is 5.39. The molecule has 0 aliphatic heterocycles. The normalized spacial score (nSPS) is 10.2. The minimum atomic E-state index is -0.443. The Labute approximate surface area is 104 Å². The third kappa shape index (κ3) is 2.94. The second kappa shape index (κ2) is 5.44. The van der Waals surface area contributed by atoms with Crippen molar-refractivity contribution in [3.8, 4) is 11.5 Å². The van der Waals surface area contributed by atoms with Gasteiger partial charge in [-0.15, -0.1) is 0 Å². The molecule has 0 saturated heterocycles. The average molecular weight is 248 g/mol. The van der Waals surface area contributed by atoms with Crippen LogP contribution < -0.4 is 9.47 Å². The smallest absolute Gasteiger partial charge is 0.159 e. The van der Waals surface area contributed by atoms with Crippen LogP contribution in [0.2, 0.25) is 0 Å². The summed E-state index contributed by atoms with van der Waals surface area (Å²) in [5, 5.41) is 0. The van der Waals surface area contributed by atoms with Crippen molar-refractivity contribution in [1.82, 2.24) is 9.97 Å². The Morgan fingerprint density at radius 1 is 1.00 bits per heavy atom. The van der Waals surface area contributed by atoms with E-state index in [0.717, 1.165) is 18.0 Å². The van der Waals surface area contributed by atoms with E-state index >= 15 is 0 Å². The van der Waals surface area contributed by atoms with Crippen molar-refractivity contribution in [2.45, 2.75) is 6.42 Å². The largest absolute Gasteiger partial charge is 0.497 e. The number of rotatable bonds is 4. The Morgan fingerprint density at radius 2 is 1.56 bits per heavy atom. The van der Waals surface area contributed by atoms with Gasteiger partial charge in [-0.2, -0.15) is 0 Å². The van der Waals surface area contributed by atoms with Crippen LogP contribution >= 0.6 is 0 Å². The van der Waals surface area contributed by atoms with E-state index in [0.29, 0.717) is 23.7 Å². The summed E-state index contributed by atoms with van der Waals surface area (Å²) in [6, 6.07) is 5.53. The highest BCUT2D eigenvalue weighted by Gasteiger charge is 2.05. The molecule has 0 spiro atoms. The number of benzene rings is 1. The number of hydrogen-bond acceptors (Lipinski definition) is 4. The topological polar surface area (TPSA) is 44.2 Å². The molecule has 1 aromatic carbocycles. The molecule has 1 aromatic heterocycles. The first kappa shape index (κ1) is 12.3. The maximum Gasteiger partial charge on any atom is 0.159 e. The van der Waals surface area contributed by atoms with Gasteiger partial charge in [0.05, 0.1) is 26.6 Å². The van der Waals surface area contributed by atoms with Crippen LogP contribution in [-0.4, -0.2) is 24.2 Å². The maximum absolute atomic E-state index is 12.7. The Bertz CT molecular complexity index is 507. The molecule has 1 heterocycles. The summed E-state index contributed by atoms with van der Waals surface area (Å²) in [4.78, 5) is 7.83. The lowest BCUT2D eigenvalue weighted by molar-refractivity contribution is 0.393. The zero-order valence-corrected chi connectivity index (χ0v) is 10.2. The van der Waals surface area contributed by atoms with Crippen molar-refractivity contribution in [2.75, 3.05) is 14.2 Å². The van der Waals surface area contributed by atoms with Gasteiger partial charge in [-0.05, 0) is 17.7 Å². The second-order valence-corrected chi connectivity index (χ2v) is 3.72. The average Bonchev–Trinajstić information content (AvgIpc) is 2.41. The lowest BCUT2D eigenvalue weighted by Gasteiger charge is -2.07. The minimum absolute atomic E-state index is 0.443. The fourth-order valence-corrected chi connectivity index (χ4v) is 1.58. The molecule has 0 radical (unpaired) electrons. The number of methoxy groups -OCH3 is 2. The molecule has 18 heavy (non-hydrogen) atoms. The summed E-state index contributed by atoms with van der Waals surface area (Å²) < 4.78 is 23.0. The van der Waals surface area contributed by atoms with E-state index in [4.69, 9.17) is 9.47 Å². The third-order valence-corrected chi connectivity index (χ3v) is 2.45. The molecule has 0 N–H and O–H groups in total. The van der Waals surface area contributed by atoms with E-state index in [1.807, 2.05) is 12.1 Å². The predicted octanol–water partition coefficient (Wildman–Crippen LogP) is 2.22. The van der Waals surface area contributed by atoms with Crippen LogP contribution in [-0.2, 0) is 6.42 Å². The third-order valence-electron chi connectivity index (χ3n) is 2.45. The van der Waals surface area contributed by atoms with Gasteiger partial charge >= 0.3 is 0 Å².